The van der Waals surface area contributed by atoms with E-state index in [0.29, 0.717) is 5.95 Å². The minimum atomic E-state index is -0.568. The molecular weight excluding hydrogens is 338 g/mol. The first-order chi connectivity index (χ1) is 13.1. The molecule has 136 valence electrons. The summed E-state index contributed by atoms with van der Waals surface area (Å²) < 4.78 is -0.298. The molecule has 3 N–H and O–H groups in total. The van der Waals surface area contributed by atoms with Gasteiger partial charge in [-0.05, 0) is 31.0 Å². The van der Waals surface area contributed by atoms with Gasteiger partial charge in [0.05, 0.1) is 0 Å². The molecule has 2 aromatic carbocycles. The minimum absolute atomic E-state index is 0.0858. The zero-order chi connectivity index (χ0) is 19.0. The van der Waals surface area contributed by atoms with Crippen LogP contribution in [0.4, 0.5) is 11.6 Å². The van der Waals surface area contributed by atoms with Gasteiger partial charge in [-0.25, -0.2) is 4.79 Å². The van der Waals surface area contributed by atoms with Gasteiger partial charge in [-0.2, -0.15) is 9.97 Å². The normalized spacial score (nSPS) is 24.9. The molecule has 27 heavy (non-hydrogen) atoms. The first-order valence-corrected chi connectivity index (χ1v) is 8.92. The van der Waals surface area contributed by atoms with Crippen LogP contribution in [0.2, 0.25) is 0 Å². The summed E-state index contributed by atoms with van der Waals surface area (Å²) in [5, 5.41) is 0. The second-order valence-corrected chi connectivity index (χ2v) is 6.83. The zero-order valence-electron chi connectivity index (χ0n) is 15.3. The van der Waals surface area contributed by atoms with Crippen molar-refractivity contribution in [3.8, 4) is 0 Å². The molecule has 0 saturated carbocycles. The van der Waals surface area contributed by atoms with Crippen molar-refractivity contribution in [1.82, 2.24) is 20.0 Å². The van der Waals surface area contributed by atoms with Crippen molar-refractivity contribution < 1.29 is 4.79 Å². The number of amides is 1. The number of rotatable bonds is 3. The highest BCUT2D eigenvalue weighted by Crippen LogP contribution is 2.41. The maximum atomic E-state index is 13.9. The maximum absolute atomic E-state index is 13.9. The van der Waals surface area contributed by atoms with Crippen LogP contribution in [0.15, 0.2) is 67.0 Å². The fourth-order valence-corrected chi connectivity index (χ4v) is 3.84. The molecule has 0 spiro atoms. The van der Waals surface area contributed by atoms with Gasteiger partial charge in [-0.15, -0.1) is 5.43 Å². The van der Waals surface area contributed by atoms with Crippen molar-refractivity contribution >= 4 is 17.5 Å². The molecule has 4 rings (SSSR count). The van der Waals surface area contributed by atoms with Gasteiger partial charge in [0.15, 0.2) is 5.69 Å². The zero-order valence-corrected chi connectivity index (χ0v) is 15.3. The van der Waals surface area contributed by atoms with E-state index in [2.05, 4.69) is 15.4 Å². The van der Waals surface area contributed by atoms with Crippen LogP contribution in [-0.2, 0) is 4.79 Å². The fourth-order valence-electron chi connectivity index (χ4n) is 3.84. The highest BCUT2D eigenvalue weighted by atomic mass is 16.2. The Labute approximate surface area is 158 Å². The second-order valence-electron chi connectivity index (χ2n) is 6.83. The number of aromatic nitrogens is 2. The van der Waals surface area contributed by atoms with E-state index >= 15 is 0 Å². The molecule has 1 fully saturated rings. The van der Waals surface area contributed by atoms with E-state index in [0.717, 1.165) is 22.4 Å². The molecule has 1 amide bonds. The summed E-state index contributed by atoms with van der Waals surface area (Å²) in [6.07, 6.45) is 2.71. The van der Waals surface area contributed by atoms with E-state index in [9.17, 15) is 4.79 Å². The molecule has 1 aromatic heterocycles. The number of benzene rings is 2. The first kappa shape index (κ1) is 17.5. The number of carbonyl (C=O) groups is 1. The maximum Gasteiger partial charge on any atom is 0.361 e. The Morgan fingerprint density at radius 2 is 1.56 bits per heavy atom. The molecule has 6 nitrogen and oxygen atoms in total. The number of para-hydroxylation sites is 1. The summed E-state index contributed by atoms with van der Waals surface area (Å²) in [5.41, 5.74) is 13.5. The minimum Gasteiger partial charge on any atom is -0.311 e. The Bertz CT molecular complexity index is 991. The summed E-state index contributed by atoms with van der Waals surface area (Å²) >= 11 is 0. The molecule has 1 saturated heterocycles. The molecule has 1 aliphatic heterocycles. The van der Waals surface area contributed by atoms with E-state index in [-0.39, 0.29) is 10.5 Å². The molecular formula is C21H22N5O+. The summed E-state index contributed by atoms with van der Waals surface area (Å²) in [6, 6.07) is 17.3. The lowest BCUT2D eigenvalue weighted by molar-refractivity contribution is -0.127. The van der Waals surface area contributed by atoms with Crippen LogP contribution >= 0.6 is 0 Å². The average molecular weight is 360 g/mol. The number of hydrogen-bond donors (Lipinski definition) is 2. The van der Waals surface area contributed by atoms with E-state index in [1.54, 1.807) is 18.5 Å². The van der Waals surface area contributed by atoms with Gasteiger partial charge in [-0.1, -0.05) is 47.1 Å². The van der Waals surface area contributed by atoms with Crippen molar-refractivity contribution in [2.24, 2.45) is 5.73 Å². The highest BCUT2D eigenvalue weighted by molar-refractivity contribution is 6.00. The number of quaternary nitrogens is 1. The lowest BCUT2D eigenvalue weighted by atomic mass is 9.92. The van der Waals surface area contributed by atoms with Crippen LogP contribution in [0.1, 0.15) is 22.6 Å². The lowest BCUT2D eigenvalue weighted by Gasteiger charge is -2.28. The summed E-state index contributed by atoms with van der Waals surface area (Å²) in [6.45, 7) is 3.97. The third kappa shape index (κ3) is 2.66. The van der Waals surface area contributed by atoms with Gasteiger partial charge >= 0.3 is 11.9 Å². The largest absolute Gasteiger partial charge is 0.361 e. The average Bonchev–Trinajstić information content (AvgIpc) is 2.95. The van der Waals surface area contributed by atoms with Crippen LogP contribution in [0.3, 0.4) is 0 Å². The Hall–Kier alpha value is -2.93. The SMILES string of the molecule is Cc1ccccc1C1C(=O)[N+](c2ncccn2)(c2ccccc2C)NC1N. The summed E-state index contributed by atoms with van der Waals surface area (Å²) in [4.78, 5) is 22.7. The monoisotopic (exact) mass is 360 g/mol. The van der Waals surface area contributed by atoms with Crippen molar-refractivity contribution in [2.45, 2.75) is 25.9 Å². The Morgan fingerprint density at radius 3 is 2.22 bits per heavy atom. The molecule has 1 aliphatic rings. The smallest absolute Gasteiger partial charge is 0.311 e. The number of carbonyl (C=O) groups excluding carboxylic acids is 1. The molecule has 3 aromatic rings. The summed E-state index contributed by atoms with van der Waals surface area (Å²) in [7, 11) is 0. The highest BCUT2D eigenvalue weighted by Gasteiger charge is 2.59. The molecule has 0 aliphatic carbocycles. The van der Waals surface area contributed by atoms with Gasteiger partial charge in [0, 0.05) is 24.0 Å². The third-order valence-electron chi connectivity index (χ3n) is 5.15. The van der Waals surface area contributed by atoms with Gasteiger partial charge in [-0.3, -0.25) is 0 Å². The Morgan fingerprint density at radius 1 is 0.926 bits per heavy atom. The fraction of sp³-hybridized carbons (Fsp3) is 0.190. The van der Waals surface area contributed by atoms with Crippen LogP contribution in [-0.4, -0.2) is 22.0 Å². The number of nitrogens with one attached hydrogen (secondary N) is 1. The van der Waals surface area contributed by atoms with E-state index in [1.807, 2.05) is 62.4 Å². The van der Waals surface area contributed by atoms with Crippen LogP contribution in [0.25, 0.3) is 0 Å². The van der Waals surface area contributed by atoms with Crippen molar-refractivity contribution in [2.75, 3.05) is 0 Å². The first-order valence-electron chi connectivity index (χ1n) is 8.92. The van der Waals surface area contributed by atoms with Crippen molar-refractivity contribution in [3.63, 3.8) is 0 Å². The predicted molar refractivity (Wildman–Crippen MR) is 105 cm³/mol. The number of nitrogens with two attached hydrogens (primary N) is 1. The second kappa shape index (κ2) is 6.66. The van der Waals surface area contributed by atoms with Crippen LogP contribution in [0.5, 0.6) is 0 Å². The summed E-state index contributed by atoms with van der Waals surface area (Å²) in [5.74, 6) is -0.227. The van der Waals surface area contributed by atoms with E-state index in [4.69, 9.17) is 5.73 Å². The molecule has 3 unspecified atom stereocenters. The third-order valence-corrected chi connectivity index (χ3v) is 5.15. The lowest BCUT2D eigenvalue weighted by Crippen LogP contribution is -2.57. The molecule has 0 radical (unpaired) electrons. The quantitative estimate of drug-likeness (QED) is 0.702. The van der Waals surface area contributed by atoms with Gasteiger partial charge in [0.2, 0.25) is 0 Å². The van der Waals surface area contributed by atoms with Crippen molar-refractivity contribution in [3.05, 3.63) is 83.7 Å². The number of hydrogen-bond acceptors (Lipinski definition) is 5. The van der Waals surface area contributed by atoms with Gasteiger partial charge in [0.1, 0.15) is 12.1 Å². The van der Waals surface area contributed by atoms with Crippen LogP contribution < -0.4 is 15.8 Å². The molecule has 2 heterocycles. The van der Waals surface area contributed by atoms with Gasteiger partial charge < -0.3 is 5.73 Å². The van der Waals surface area contributed by atoms with Gasteiger partial charge in [0.25, 0.3) is 0 Å². The number of nitrogens with zero attached hydrogens (tertiary/aromatic N) is 3. The molecule has 0 bridgehead atoms. The Kier molecular flexibility index (Phi) is 4.31. The number of aryl methyl sites for hydroxylation is 2. The standard InChI is InChI=1S/C21H22N5O/c1-14-8-3-5-10-16(14)18-19(22)25-26(20(18)27,21-23-12-7-13-24-21)17-11-6-4-9-15(17)2/h3-13,18-19,25H,22H2,1-2H3/q+1. The van der Waals surface area contributed by atoms with E-state index < -0.39 is 12.1 Å². The van der Waals surface area contributed by atoms with Crippen molar-refractivity contribution in [1.29, 1.82) is 0 Å². The van der Waals surface area contributed by atoms with E-state index in [1.165, 1.54) is 0 Å². The van der Waals surface area contributed by atoms with Crippen LogP contribution in [0, 0.1) is 13.8 Å². The topological polar surface area (TPSA) is 80.9 Å². The Balaban J connectivity index is 1.95. The molecule has 3 atom stereocenters. The molecule has 6 heteroatoms. The predicted octanol–water partition coefficient (Wildman–Crippen LogP) is 2.85.